The van der Waals surface area contributed by atoms with Crippen LogP contribution in [0.1, 0.15) is 34.0 Å². The molecule has 0 fully saturated rings. The molecule has 5 nitrogen and oxygen atoms in total. The van der Waals surface area contributed by atoms with E-state index in [1.807, 2.05) is 25.1 Å². The van der Waals surface area contributed by atoms with E-state index >= 15 is 0 Å². The highest BCUT2D eigenvalue weighted by Crippen LogP contribution is 2.33. The van der Waals surface area contributed by atoms with Gasteiger partial charge in [0.2, 0.25) is 5.88 Å². The maximum atomic E-state index is 13.2. The summed E-state index contributed by atoms with van der Waals surface area (Å²) in [5, 5.41) is 20.4. The third kappa shape index (κ3) is 4.00. The van der Waals surface area contributed by atoms with Gasteiger partial charge in [0.05, 0.1) is 19.2 Å². The van der Waals surface area contributed by atoms with Gasteiger partial charge in [-0.25, -0.2) is 4.98 Å². The lowest BCUT2D eigenvalue weighted by atomic mass is 9.94. The van der Waals surface area contributed by atoms with Crippen molar-refractivity contribution in [3.8, 4) is 22.8 Å². The normalized spacial score (nSPS) is 10.9. The molecule has 0 saturated heterocycles. The van der Waals surface area contributed by atoms with Crippen molar-refractivity contribution in [2.24, 2.45) is 0 Å². The van der Waals surface area contributed by atoms with Crippen molar-refractivity contribution in [2.45, 2.75) is 20.0 Å². The van der Waals surface area contributed by atoms with E-state index in [0.29, 0.717) is 22.5 Å². The first-order chi connectivity index (χ1) is 15.0. The van der Waals surface area contributed by atoms with Crippen LogP contribution in [0, 0.1) is 0 Å². The number of pyridine rings is 1. The van der Waals surface area contributed by atoms with Crippen LogP contribution in [0.15, 0.2) is 66.7 Å². The highest BCUT2D eigenvalue weighted by atomic mass is 16.5. The molecule has 0 bridgehead atoms. The first-order valence-electron chi connectivity index (χ1n) is 10.1. The van der Waals surface area contributed by atoms with Crippen LogP contribution >= 0.6 is 0 Å². The molecular formula is C26H23NO4. The fraction of sp³-hybridized carbons (Fsp3) is 0.154. The second-order valence-electron chi connectivity index (χ2n) is 7.32. The molecule has 31 heavy (non-hydrogen) atoms. The highest BCUT2D eigenvalue weighted by Gasteiger charge is 2.15. The first kappa shape index (κ1) is 20.6. The largest absolute Gasteiger partial charge is 0.508 e. The van der Waals surface area contributed by atoms with E-state index in [1.54, 1.807) is 55.6 Å². The summed E-state index contributed by atoms with van der Waals surface area (Å²) in [6, 6.07) is 19.5. The number of fused-ring (bicyclic) bond motifs is 1. The van der Waals surface area contributed by atoms with Crippen molar-refractivity contribution < 1.29 is 19.7 Å². The lowest BCUT2D eigenvalue weighted by Gasteiger charge is -2.12. The number of aliphatic hydroxyl groups excluding tert-OH is 1. The van der Waals surface area contributed by atoms with Gasteiger partial charge in [0.1, 0.15) is 5.75 Å². The Morgan fingerprint density at radius 1 is 0.968 bits per heavy atom. The minimum Gasteiger partial charge on any atom is -0.508 e. The zero-order valence-corrected chi connectivity index (χ0v) is 17.4. The minimum absolute atomic E-state index is 0.104. The fourth-order valence-corrected chi connectivity index (χ4v) is 3.79. The average Bonchev–Trinajstić information content (AvgIpc) is 2.82. The zero-order valence-electron chi connectivity index (χ0n) is 17.4. The van der Waals surface area contributed by atoms with Crippen LogP contribution < -0.4 is 4.74 Å². The highest BCUT2D eigenvalue weighted by molar-refractivity contribution is 6.11. The third-order valence-corrected chi connectivity index (χ3v) is 5.43. The summed E-state index contributed by atoms with van der Waals surface area (Å²) in [7, 11) is 1.55. The van der Waals surface area contributed by atoms with Gasteiger partial charge in [-0.2, -0.15) is 0 Å². The van der Waals surface area contributed by atoms with Gasteiger partial charge in [-0.1, -0.05) is 31.2 Å². The lowest BCUT2D eigenvalue weighted by Crippen LogP contribution is -2.04. The summed E-state index contributed by atoms with van der Waals surface area (Å²) in [5.41, 5.74) is 5.14. The lowest BCUT2D eigenvalue weighted by molar-refractivity contribution is 0.103. The molecule has 4 rings (SSSR count). The molecule has 0 unspecified atom stereocenters. The number of nitrogens with zero attached hydrogens (tertiary/aromatic N) is 1. The van der Waals surface area contributed by atoms with Gasteiger partial charge in [0, 0.05) is 22.6 Å². The van der Waals surface area contributed by atoms with Crippen LogP contribution in [0.4, 0.5) is 0 Å². The van der Waals surface area contributed by atoms with Crippen LogP contribution in [-0.2, 0) is 13.0 Å². The van der Waals surface area contributed by atoms with Crippen molar-refractivity contribution in [3.63, 3.8) is 0 Å². The number of ketones is 1. The zero-order chi connectivity index (χ0) is 22.0. The van der Waals surface area contributed by atoms with E-state index < -0.39 is 0 Å². The van der Waals surface area contributed by atoms with Gasteiger partial charge in [-0.05, 0) is 65.1 Å². The van der Waals surface area contributed by atoms with Crippen LogP contribution in [0.3, 0.4) is 0 Å². The smallest absolute Gasteiger partial charge is 0.214 e. The number of carbonyl (C=O) groups is 1. The number of aromatic hydroxyl groups is 1. The number of aromatic nitrogens is 1. The van der Waals surface area contributed by atoms with Gasteiger partial charge < -0.3 is 14.9 Å². The van der Waals surface area contributed by atoms with Crippen LogP contribution in [-0.4, -0.2) is 28.1 Å². The number of phenolic OH excluding ortho intramolecular Hbond substituents is 1. The van der Waals surface area contributed by atoms with Crippen molar-refractivity contribution in [1.29, 1.82) is 0 Å². The molecule has 0 radical (unpaired) electrons. The van der Waals surface area contributed by atoms with E-state index in [1.165, 1.54) is 0 Å². The summed E-state index contributed by atoms with van der Waals surface area (Å²) in [6.45, 7) is 1.91. The number of benzene rings is 3. The molecule has 4 aromatic rings. The molecule has 2 N–H and O–H groups in total. The molecule has 1 aromatic heterocycles. The molecule has 0 amide bonds. The Morgan fingerprint density at radius 3 is 2.45 bits per heavy atom. The van der Waals surface area contributed by atoms with Gasteiger partial charge >= 0.3 is 0 Å². The van der Waals surface area contributed by atoms with Crippen LogP contribution in [0.2, 0.25) is 0 Å². The number of methoxy groups -OCH3 is 1. The van der Waals surface area contributed by atoms with Crippen LogP contribution in [0.5, 0.6) is 11.6 Å². The molecule has 3 aromatic carbocycles. The van der Waals surface area contributed by atoms with E-state index in [2.05, 4.69) is 4.98 Å². The van der Waals surface area contributed by atoms with E-state index in [4.69, 9.17) is 4.74 Å². The van der Waals surface area contributed by atoms with Gasteiger partial charge in [-0.3, -0.25) is 4.79 Å². The van der Waals surface area contributed by atoms with Gasteiger partial charge in [-0.15, -0.1) is 0 Å². The van der Waals surface area contributed by atoms with E-state index in [0.717, 1.165) is 34.1 Å². The number of rotatable bonds is 6. The summed E-state index contributed by atoms with van der Waals surface area (Å²) in [6.07, 6.45) is 0.793. The number of aliphatic hydroxyl groups is 1. The Labute approximate surface area is 180 Å². The minimum atomic E-state index is -0.128. The Balaban J connectivity index is 1.85. The molecule has 0 aliphatic carbocycles. The Kier molecular flexibility index (Phi) is 5.69. The predicted molar refractivity (Wildman–Crippen MR) is 121 cm³/mol. The molecule has 5 heteroatoms. The average molecular weight is 413 g/mol. The van der Waals surface area contributed by atoms with Crippen molar-refractivity contribution in [3.05, 3.63) is 89.0 Å². The summed E-state index contributed by atoms with van der Waals surface area (Å²) >= 11 is 0. The second kappa shape index (κ2) is 8.58. The number of ether oxygens (including phenoxy) is 1. The standard InChI is InChI=1S/C26H23NO4/c1-3-16-7-8-18(11-20(16)15-28)26(30)19-9-10-24-23(13-19)22(14-25(27-24)31-2)17-5-4-6-21(29)12-17/h4-14,28-29H,3,15H2,1-2H3. The van der Waals surface area contributed by atoms with Crippen molar-refractivity contribution >= 4 is 16.7 Å². The molecule has 0 atom stereocenters. The predicted octanol–water partition coefficient (Wildman–Crippen LogP) is 4.90. The summed E-state index contributed by atoms with van der Waals surface area (Å²) in [4.78, 5) is 17.7. The second-order valence-corrected chi connectivity index (χ2v) is 7.32. The molecule has 0 aliphatic rings. The quantitative estimate of drug-likeness (QED) is 0.440. The summed E-state index contributed by atoms with van der Waals surface area (Å²) < 4.78 is 5.34. The molecule has 0 aliphatic heterocycles. The first-order valence-corrected chi connectivity index (χ1v) is 10.1. The number of hydrogen-bond donors (Lipinski definition) is 2. The third-order valence-electron chi connectivity index (χ3n) is 5.43. The maximum Gasteiger partial charge on any atom is 0.214 e. The van der Waals surface area contributed by atoms with E-state index in [9.17, 15) is 15.0 Å². The molecule has 0 saturated carbocycles. The van der Waals surface area contributed by atoms with Gasteiger partial charge in [0.25, 0.3) is 0 Å². The SMILES string of the molecule is CCc1ccc(C(=O)c2ccc3nc(OC)cc(-c4cccc(O)c4)c3c2)cc1CO. The maximum absolute atomic E-state index is 13.2. The number of phenols is 1. The van der Waals surface area contributed by atoms with Crippen molar-refractivity contribution in [2.75, 3.05) is 7.11 Å². The Hall–Kier alpha value is -3.70. The Morgan fingerprint density at radius 2 is 1.74 bits per heavy atom. The van der Waals surface area contributed by atoms with Crippen molar-refractivity contribution in [1.82, 2.24) is 4.98 Å². The van der Waals surface area contributed by atoms with E-state index in [-0.39, 0.29) is 18.1 Å². The summed E-state index contributed by atoms with van der Waals surface area (Å²) in [5.74, 6) is 0.478. The Bertz CT molecular complexity index is 1280. The number of aryl methyl sites for hydroxylation is 1. The molecule has 156 valence electrons. The topological polar surface area (TPSA) is 79.7 Å². The molecular weight excluding hydrogens is 390 g/mol. The fourth-order valence-electron chi connectivity index (χ4n) is 3.79. The molecule has 0 spiro atoms. The monoisotopic (exact) mass is 413 g/mol. The van der Waals surface area contributed by atoms with Gasteiger partial charge in [0.15, 0.2) is 5.78 Å². The molecule has 1 heterocycles. The number of carbonyl (C=O) groups excluding carboxylic acids is 1. The number of hydrogen-bond acceptors (Lipinski definition) is 5. The van der Waals surface area contributed by atoms with Crippen LogP contribution in [0.25, 0.3) is 22.0 Å².